The molecule has 0 aliphatic heterocycles. The Bertz CT molecular complexity index is 461. The summed E-state index contributed by atoms with van der Waals surface area (Å²) in [7, 11) is 0. The Hall–Kier alpha value is -2.04. The smallest absolute Gasteiger partial charge is 0.338 e. The van der Waals surface area contributed by atoms with Crippen LogP contribution in [0.2, 0.25) is 0 Å². The number of amides is 1. The molecule has 0 aliphatic rings. The summed E-state index contributed by atoms with van der Waals surface area (Å²) in [4.78, 5) is 22.8. The quantitative estimate of drug-likeness (QED) is 0.598. The Morgan fingerprint density at radius 1 is 1.24 bits per heavy atom. The highest BCUT2D eigenvalue weighted by atomic mass is 16.6. The van der Waals surface area contributed by atoms with E-state index in [1.165, 1.54) is 18.2 Å². The minimum absolute atomic E-state index is 0.119. The van der Waals surface area contributed by atoms with E-state index in [-0.39, 0.29) is 16.8 Å². The number of primary amides is 1. The molecule has 0 radical (unpaired) electrons. The Morgan fingerprint density at radius 2 is 1.82 bits per heavy atom. The molecule has 0 spiro atoms. The standard InChI is InChI=1S/C12H16N2O3/c1-12(2,3)17-11(16)7-4-5-9(13)8(6-7)10(14)15/h4-6H,13H2,1-3H3,(H2,14,15). The van der Waals surface area contributed by atoms with Gasteiger partial charge in [-0.2, -0.15) is 0 Å². The summed E-state index contributed by atoms with van der Waals surface area (Å²) in [5.74, 6) is -1.19. The van der Waals surface area contributed by atoms with Crippen LogP contribution in [0.25, 0.3) is 0 Å². The summed E-state index contributed by atoms with van der Waals surface area (Å²) in [6.07, 6.45) is 0. The van der Waals surface area contributed by atoms with Gasteiger partial charge in [0, 0.05) is 5.69 Å². The number of hydrogen-bond acceptors (Lipinski definition) is 4. The number of ether oxygens (including phenoxy) is 1. The van der Waals surface area contributed by atoms with Gasteiger partial charge in [0.2, 0.25) is 0 Å². The van der Waals surface area contributed by atoms with Gasteiger partial charge in [-0.15, -0.1) is 0 Å². The molecule has 5 heteroatoms. The maximum atomic E-state index is 11.7. The Labute approximate surface area is 99.7 Å². The second-order valence-corrected chi connectivity index (χ2v) is 4.67. The zero-order chi connectivity index (χ0) is 13.2. The first-order valence-electron chi connectivity index (χ1n) is 5.13. The lowest BCUT2D eigenvalue weighted by Crippen LogP contribution is -2.24. The minimum atomic E-state index is -0.673. The molecule has 0 aliphatic carbocycles. The highest BCUT2D eigenvalue weighted by molar-refractivity contribution is 6.01. The lowest BCUT2D eigenvalue weighted by molar-refractivity contribution is 0.00696. The van der Waals surface area contributed by atoms with Crippen LogP contribution in [0, 0.1) is 0 Å². The van der Waals surface area contributed by atoms with Crippen LogP contribution < -0.4 is 11.5 Å². The second kappa shape index (κ2) is 4.45. The number of nitrogens with two attached hydrogens (primary N) is 2. The van der Waals surface area contributed by atoms with E-state index in [9.17, 15) is 9.59 Å². The van der Waals surface area contributed by atoms with Crippen LogP contribution in [-0.2, 0) is 4.74 Å². The number of esters is 1. The third kappa shape index (κ3) is 3.48. The molecule has 0 saturated heterocycles. The molecule has 0 saturated carbocycles. The van der Waals surface area contributed by atoms with E-state index in [1.54, 1.807) is 20.8 Å². The molecule has 0 atom stereocenters. The number of anilines is 1. The van der Waals surface area contributed by atoms with Crippen molar-refractivity contribution < 1.29 is 14.3 Å². The average molecular weight is 236 g/mol. The van der Waals surface area contributed by atoms with E-state index in [2.05, 4.69) is 0 Å². The minimum Gasteiger partial charge on any atom is -0.456 e. The molecule has 92 valence electrons. The highest BCUT2D eigenvalue weighted by Gasteiger charge is 2.19. The fourth-order valence-electron chi connectivity index (χ4n) is 1.23. The summed E-state index contributed by atoms with van der Waals surface area (Å²) in [5, 5.41) is 0. The zero-order valence-electron chi connectivity index (χ0n) is 10.1. The first kappa shape index (κ1) is 13.0. The molecular formula is C12H16N2O3. The first-order valence-corrected chi connectivity index (χ1v) is 5.13. The Kier molecular flexibility index (Phi) is 3.41. The van der Waals surface area contributed by atoms with E-state index in [4.69, 9.17) is 16.2 Å². The predicted molar refractivity (Wildman–Crippen MR) is 64.5 cm³/mol. The molecule has 0 bridgehead atoms. The fraction of sp³-hybridized carbons (Fsp3) is 0.333. The average Bonchev–Trinajstić information content (AvgIpc) is 2.14. The lowest BCUT2D eigenvalue weighted by Gasteiger charge is -2.19. The topological polar surface area (TPSA) is 95.4 Å². The lowest BCUT2D eigenvalue weighted by atomic mass is 10.1. The van der Waals surface area contributed by atoms with Crippen molar-refractivity contribution in [2.45, 2.75) is 26.4 Å². The molecule has 1 aromatic rings. The number of hydrogen-bond donors (Lipinski definition) is 2. The number of carbonyl (C=O) groups is 2. The Morgan fingerprint density at radius 3 is 2.29 bits per heavy atom. The fourth-order valence-corrected chi connectivity index (χ4v) is 1.23. The molecule has 1 rings (SSSR count). The van der Waals surface area contributed by atoms with E-state index >= 15 is 0 Å². The maximum Gasteiger partial charge on any atom is 0.338 e. The van der Waals surface area contributed by atoms with Crippen molar-refractivity contribution in [1.82, 2.24) is 0 Å². The SMILES string of the molecule is CC(C)(C)OC(=O)c1ccc(N)c(C(N)=O)c1. The highest BCUT2D eigenvalue weighted by Crippen LogP contribution is 2.17. The van der Waals surface area contributed by atoms with Crippen molar-refractivity contribution >= 4 is 17.6 Å². The first-order chi connectivity index (χ1) is 7.70. The molecule has 0 heterocycles. The van der Waals surface area contributed by atoms with Crippen LogP contribution in [0.4, 0.5) is 5.69 Å². The van der Waals surface area contributed by atoms with Crippen molar-refractivity contribution in [1.29, 1.82) is 0 Å². The van der Waals surface area contributed by atoms with Gasteiger partial charge in [0.05, 0.1) is 11.1 Å². The van der Waals surface area contributed by atoms with Crippen molar-refractivity contribution in [2.24, 2.45) is 5.73 Å². The van der Waals surface area contributed by atoms with Gasteiger partial charge >= 0.3 is 5.97 Å². The zero-order valence-corrected chi connectivity index (χ0v) is 10.1. The summed E-state index contributed by atoms with van der Waals surface area (Å²) in [5.41, 5.74) is 10.7. The monoisotopic (exact) mass is 236 g/mol. The van der Waals surface area contributed by atoms with Gasteiger partial charge in [0.25, 0.3) is 5.91 Å². The Balaban J connectivity index is 3.04. The van der Waals surface area contributed by atoms with Gasteiger partial charge in [-0.1, -0.05) is 0 Å². The third-order valence-corrected chi connectivity index (χ3v) is 1.95. The molecule has 5 nitrogen and oxygen atoms in total. The molecule has 0 unspecified atom stereocenters. The van der Waals surface area contributed by atoms with Crippen molar-refractivity contribution in [3.63, 3.8) is 0 Å². The van der Waals surface area contributed by atoms with Gasteiger partial charge < -0.3 is 16.2 Å². The maximum absolute atomic E-state index is 11.7. The van der Waals surface area contributed by atoms with Crippen LogP contribution >= 0.6 is 0 Å². The van der Waals surface area contributed by atoms with E-state index in [1.807, 2.05) is 0 Å². The number of rotatable bonds is 2. The number of carbonyl (C=O) groups excluding carboxylic acids is 2. The van der Waals surface area contributed by atoms with E-state index in [0.717, 1.165) is 0 Å². The summed E-state index contributed by atoms with van der Waals surface area (Å²) in [6.45, 7) is 5.28. The molecule has 1 aromatic carbocycles. The molecule has 0 aromatic heterocycles. The van der Waals surface area contributed by atoms with Crippen molar-refractivity contribution in [3.05, 3.63) is 29.3 Å². The van der Waals surface area contributed by atoms with E-state index < -0.39 is 17.5 Å². The molecule has 0 fully saturated rings. The largest absolute Gasteiger partial charge is 0.456 e. The molecule has 17 heavy (non-hydrogen) atoms. The van der Waals surface area contributed by atoms with Crippen LogP contribution in [0.3, 0.4) is 0 Å². The predicted octanol–water partition coefficient (Wildman–Crippen LogP) is 1.32. The molecule has 1 amide bonds. The van der Waals surface area contributed by atoms with Gasteiger partial charge in [0.1, 0.15) is 5.60 Å². The molecular weight excluding hydrogens is 220 g/mol. The summed E-state index contributed by atoms with van der Waals surface area (Å²) < 4.78 is 5.17. The van der Waals surface area contributed by atoms with Crippen molar-refractivity contribution in [3.8, 4) is 0 Å². The van der Waals surface area contributed by atoms with Crippen LogP contribution in [-0.4, -0.2) is 17.5 Å². The van der Waals surface area contributed by atoms with Crippen LogP contribution in [0.15, 0.2) is 18.2 Å². The molecule has 4 N–H and O–H groups in total. The third-order valence-electron chi connectivity index (χ3n) is 1.95. The number of nitrogen functional groups attached to an aromatic ring is 1. The van der Waals surface area contributed by atoms with Crippen LogP contribution in [0.5, 0.6) is 0 Å². The normalized spacial score (nSPS) is 11.0. The summed E-state index contributed by atoms with van der Waals surface area (Å²) >= 11 is 0. The van der Waals surface area contributed by atoms with Crippen molar-refractivity contribution in [2.75, 3.05) is 5.73 Å². The van der Waals surface area contributed by atoms with Gasteiger partial charge in [-0.05, 0) is 39.0 Å². The van der Waals surface area contributed by atoms with Gasteiger partial charge in [0.15, 0.2) is 0 Å². The van der Waals surface area contributed by atoms with Crippen LogP contribution in [0.1, 0.15) is 41.5 Å². The van der Waals surface area contributed by atoms with Gasteiger partial charge in [-0.25, -0.2) is 4.79 Å². The summed E-state index contributed by atoms with van der Waals surface area (Å²) in [6, 6.07) is 4.29. The second-order valence-electron chi connectivity index (χ2n) is 4.67. The van der Waals surface area contributed by atoms with E-state index in [0.29, 0.717) is 0 Å². The van der Waals surface area contributed by atoms with Gasteiger partial charge in [-0.3, -0.25) is 4.79 Å². The number of benzene rings is 1.